The lowest BCUT2D eigenvalue weighted by Crippen LogP contribution is -2.30. The minimum absolute atomic E-state index is 0.614. The number of anilines is 3. The van der Waals surface area contributed by atoms with Gasteiger partial charge in [0.15, 0.2) is 0 Å². The number of ether oxygens (including phenoxy) is 2. The first-order valence-electron chi connectivity index (χ1n) is 14.1. The molecule has 6 nitrogen and oxygen atoms in total. The third kappa shape index (κ3) is 8.28. The van der Waals surface area contributed by atoms with E-state index in [4.69, 9.17) is 21.1 Å². The van der Waals surface area contributed by atoms with Crippen molar-refractivity contribution in [1.82, 2.24) is 9.80 Å². The van der Waals surface area contributed by atoms with Crippen molar-refractivity contribution in [3.63, 3.8) is 0 Å². The highest BCUT2D eigenvalue weighted by atomic mass is 35.5. The fraction of sp³-hybridized carbons (Fsp3) is 0.438. The number of halogens is 1. The number of fused-ring (bicyclic) bond motifs is 1. The molecule has 1 aliphatic rings. The molecule has 1 aliphatic heterocycles. The topological polar surface area (TPSA) is 31.4 Å². The standard InChI is InChI=1S/C32H43ClN4O2/c1-5-35(6-2)20-22-39-30-15-16-31-32(24-30)36(19-8-18-34(3)4)25-37(31)28-11-13-29(14-12-28)38-21-17-26-9-7-10-27(33)23-26/h7,9-16,23-24H,5-6,8,17-22,25H2,1-4H3. The van der Waals surface area contributed by atoms with Crippen LogP contribution >= 0.6 is 11.6 Å². The van der Waals surface area contributed by atoms with E-state index in [0.29, 0.717) is 13.2 Å². The molecule has 0 amide bonds. The number of hydrogen-bond acceptors (Lipinski definition) is 6. The summed E-state index contributed by atoms with van der Waals surface area (Å²) >= 11 is 6.10. The van der Waals surface area contributed by atoms with Gasteiger partial charge < -0.3 is 29.1 Å². The summed E-state index contributed by atoms with van der Waals surface area (Å²) in [5.41, 5.74) is 4.78. The van der Waals surface area contributed by atoms with E-state index in [1.54, 1.807) is 0 Å². The largest absolute Gasteiger partial charge is 0.493 e. The van der Waals surface area contributed by atoms with E-state index in [1.807, 2.05) is 18.2 Å². The monoisotopic (exact) mass is 550 g/mol. The molecule has 0 N–H and O–H groups in total. The molecule has 0 saturated heterocycles. The van der Waals surface area contributed by atoms with Gasteiger partial charge in [-0.25, -0.2) is 0 Å². The number of rotatable bonds is 15. The van der Waals surface area contributed by atoms with Crippen LogP contribution in [0.4, 0.5) is 17.1 Å². The molecule has 1 heterocycles. The number of nitrogens with zero attached hydrogens (tertiary/aromatic N) is 4. The summed E-state index contributed by atoms with van der Waals surface area (Å²) in [4.78, 5) is 9.46. The van der Waals surface area contributed by atoms with Crippen LogP contribution in [0, 0.1) is 0 Å². The second-order valence-electron chi connectivity index (χ2n) is 10.2. The summed E-state index contributed by atoms with van der Waals surface area (Å²) in [5.74, 6) is 1.81. The Morgan fingerprint density at radius 3 is 2.28 bits per heavy atom. The Bertz CT molecular complexity index is 1170. The highest BCUT2D eigenvalue weighted by Crippen LogP contribution is 2.43. The third-order valence-corrected chi connectivity index (χ3v) is 7.43. The number of hydrogen-bond donors (Lipinski definition) is 0. The maximum Gasteiger partial charge on any atom is 0.121 e. The van der Waals surface area contributed by atoms with Crippen molar-refractivity contribution in [2.45, 2.75) is 26.7 Å². The molecule has 210 valence electrons. The molecular formula is C32H43ClN4O2. The molecule has 0 aromatic heterocycles. The summed E-state index contributed by atoms with van der Waals surface area (Å²) in [7, 11) is 4.26. The highest BCUT2D eigenvalue weighted by molar-refractivity contribution is 6.30. The van der Waals surface area contributed by atoms with Crippen molar-refractivity contribution >= 4 is 28.7 Å². The molecule has 0 bridgehead atoms. The maximum atomic E-state index is 6.17. The normalized spacial score (nSPS) is 12.9. The van der Waals surface area contributed by atoms with E-state index < -0.39 is 0 Å². The van der Waals surface area contributed by atoms with E-state index >= 15 is 0 Å². The average Bonchev–Trinajstić information content (AvgIpc) is 3.29. The van der Waals surface area contributed by atoms with Crippen LogP contribution < -0.4 is 19.3 Å². The molecule has 3 aromatic carbocycles. The van der Waals surface area contributed by atoms with Gasteiger partial charge in [-0.2, -0.15) is 0 Å². The van der Waals surface area contributed by atoms with E-state index in [1.165, 1.54) is 16.9 Å². The summed E-state index contributed by atoms with van der Waals surface area (Å²) in [6.45, 7) is 11.6. The second-order valence-corrected chi connectivity index (χ2v) is 10.7. The van der Waals surface area contributed by atoms with Gasteiger partial charge in [-0.15, -0.1) is 0 Å². The van der Waals surface area contributed by atoms with Gasteiger partial charge >= 0.3 is 0 Å². The first-order valence-corrected chi connectivity index (χ1v) is 14.5. The van der Waals surface area contributed by atoms with Gasteiger partial charge in [-0.05, 0) is 94.2 Å². The van der Waals surface area contributed by atoms with Crippen LogP contribution in [0.5, 0.6) is 11.5 Å². The molecule has 0 radical (unpaired) electrons. The molecule has 0 atom stereocenters. The zero-order valence-electron chi connectivity index (χ0n) is 23.9. The Labute approximate surface area is 239 Å². The van der Waals surface area contributed by atoms with Crippen LogP contribution in [-0.2, 0) is 6.42 Å². The molecule has 0 fully saturated rings. The Balaban J connectivity index is 1.42. The molecule has 39 heavy (non-hydrogen) atoms. The molecule has 0 saturated carbocycles. The van der Waals surface area contributed by atoms with Crippen LogP contribution in [0.1, 0.15) is 25.8 Å². The predicted octanol–water partition coefficient (Wildman–Crippen LogP) is 6.55. The van der Waals surface area contributed by atoms with Gasteiger partial charge in [0, 0.05) is 36.3 Å². The Morgan fingerprint density at radius 1 is 0.821 bits per heavy atom. The minimum atomic E-state index is 0.614. The Kier molecular flexibility index (Phi) is 10.8. The van der Waals surface area contributed by atoms with Gasteiger partial charge in [-0.3, -0.25) is 0 Å². The van der Waals surface area contributed by atoms with Gasteiger partial charge in [0.25, 0.3) is 0 Å². The van der Waals surface area contributed by atoms with Gasteiger partial charge in [-0.1, -0.05) is 37.6 Å². The Morgan fingerprint density at radius 2 is 1.56 bits per heavy atom. The van der Waals surface area contributed by atoms with Crippen molar-refractivity contribution < 1.29 is 9.47 Å². The van der Waals surface area contributed by atoms with Crippen molar-refractivity contribution in [1.29, 1.82) is 0 Å². The minimum Gasteiger partial charge on any atom is -0.493 e. The number of benzene rings is 3. The maximum absolute atomic E-state index is 6.17. The predicted molar refractivity (Wildman–Crippen MR) is 164 cm³/mol. The van der Waals surface area contributed by atoms with Crippen molar-refractivity contribution in [3.8, 4) is 11.5 Å². The molecule has 0 spiro atoms. The summed E-state index contributed by atoms with van der Waals surface area (Å²) in [5, 5.41) is 0.761. The third-order valence-electron chi connectivity index (χ3n) is 7.19. The molecular weight excluding hydrogens is 508 g/mol. The molecule has 7 heteroatoms. The van der Waals surface area contributed by atoms with Crippen LogP contribution in [0.3, 0.4) is 0 Å². The van der Waals surface area contributed by atoms with Gasteiger partial charge in [0.1, 0.15) is 18.1 Å². The van der Waals surface area contributed by atoms with Gasteiger partial charge in [0.2, 0.25) is 0 Å². The lowest BCUT2D eigenvalue weighted by molar-refractivity contribution is 0.223. The summed E-state index contributed by atoms with van der Waals surface area (Å²) in [6.07, 6.45) is 1.93. The fourth-order valence-electron chi connectivity index (χ4n) is 4.92. The van der Waals surface area contributed by atoms with E-state index in [-0.39, 0.29) is 0 Å². The smallest absolute Gasteiger partial charge is 0.121 e. The van der Waals surface area contributed by atoms with E-state index in [9.17, 15) is 0 Å². The van der Waals surface area contributed by atoms with Gasteiger partial charge in [0.05, 0.1) is 24.7 Å². The highest BCUT2D eigenvalue weighted by Gasteiger charge is 2.27. The molecule has 4 rings (SSSR count). The first kappa shape index (κ1) is 29.1. The van der Waals surface area contributed by atoms with E-state index in [2.05, 4.69) is 96.1 Å². The summed E-state index contributed by atoms with van der Waals surface area (Å²) < 4.78 is 12.2. The first-order chi connectivity index (χ1) is 19.0. The molecule has 3 aromatic rings. The van der Waals surface area contributed by atoms with Crippen LogP contribution in [0.15, 0.2) is 66.7 Å². The van der Waals surface area contributed by atoms with Crippen LogP contribution in [-0.4, -0.2) is 76.5 Å². The SMILES string of the molecule is CCN(CC)CCOc1ccc2c(c1)N(CCCN(C)C)CN2c1ccc(OCCc2cccc(Cl)c2)cc1. The van der Waals surface area contributed by atoms with Crippen molar-refractivity contribution in [3.05, 3.63) is 77.3 Å². The van der Waals surface area contributed by atoms with Crippen molar-refractivity contribution in [2.24, 2.45) is 0 Å². The molecule has 0 aliphatic carbocycles. The lowest BCUT2D eigenvalue weighted by Gasteiger charge is -2.23. The second kappa shape index (κ2) is 14.5. The van der Waals surface area contributed by atoms with Crippen LogP contribution in [0.2, 0.25) is 5.02 Å². The summed E-state index contributed by atoms with van der Waals surface area (Å²) in [6, 6.07) is 22.9. The lowest BCUT2D eigenvalue weighted by atomic mass is 10.2. The zero-order valence-corrected chi connectivity index (χ0v) is 24.7. The van der Waals surface area contributed by atoms with Crippen molar-refractivity contribution in [2.75, 3.05) is 76.5 Å². The van der Waals surface area contributed by atoms with E-state index in [0.717, 1.165) is 74.4 Å². The average molecular weight is 551 g/mol. The number of likely N-dealkylation sites (N-methyl/N-ethyl adjacent to an activating group) is 1. The quantitative estimate of drug-likeness (QED) is 0.213. The van der Waals surface area contributed by atoms with Crippen LogP contribution in [0.25, 0.3) is 0 Å². The molecule has 0 unspecified atom stereocenters. The fourth-order valence-corrected chi connectivity index (χ4v) is 5.13. The Hall–Kier alpha value is -2.93. The zero-order chi connectivity index (χ0) is 27.6.